The van der Waals surface area contributed by atoms with Crippen molar-refractivity contribution in [2.45, 2.75) is 13.2 Å². The van der Waals surface area contributed by atoms with Crippen molar-refractivity contribution in [2.75, 3.05) is 5.48 Å². The largest absolute Gasteiger partial charge is 0.489 e. The quantitative estimate of drug-likeness (QED) is 0.501. The van der Waals surface area contributed by atoms with Crippen molar-refractivity contribution in [3.8, 4) is 5.75 Å². The second-order valence-corrected chi connectivity index (χ2v) is 6.38. The maximum absolute atomic E-state index is 13.3. The molecular formula is C21H17ClFNO4. The number of nitrogens with one attached hydrogen (secondary N) is 1. The molecule has 3 aromatic rings. The highest BCUT2D eigenvalue weighted by atomic mass is 35.5. The molecule has 0 spiro atoms. The third kappa shape index (κ3) is 5.45. The third-order valence-corrected chi connectivity index (χ3v) is 4.12. The van der Waals surface area contributed by atoms with Gasteiger partial charge in [0.05, 0.1) is 17.9 Å². The lowest BCUT2D eigenvalue weighted by atomic mass is 10.1. The summed E-state index contributed by atoms with van der Waals surface area (Å²) in [6.45, 7) is 0.413. The molecule has 0 saturated carbocycles. The summed E-state index contributed by atoms with van der Waals surface area (Å²) in [5.74, 6) is -0.933. The van der Waals surface area contributed by atoms with Crippen LogP contribution >= 0.6 is 11.6 Å². The molecule has 0 unspecified atom stereocenters. The Hall–Kier alpha value is -3.09. The number of hydrogen-bond acceptors (Lipinski definition) is 4. The Morgan fingerprint density at radius 3 is 2.54 bits per heavy atom. The van der Waals surface area contributed by atoms with E-state index >= 15 is 0 Å². The first-order valence-electron chi connectivity index (χ1n) is 8.38. The van der Waals surface area contributed by atoms with Crippen LogP contribution in [-0.2, 0) is 18.1 Å². The Labute approximate surface area is 166 Å². The normalized spacial score (nSPS) is 10.5. The summed E-state index contributed by atoms with van der Waals surface area (Å²) in [4.78, 5) is 16.4. The minimum Gasteiger partial charge on any atom is -0.489 e. The van der Waals surface area contributed by atoms with E-state index in [1.807, 2.05) is 0 Å². The van der Waals surface area contributed by atoms with Crippen LogP contribution in [0.2, 0.25) is 5.02 Å². The second-order valence-electron chi connectivity index (χ2n) is 5.94. The van der Waals surface area contributed by atoms with Crippen LogP contribution in [0.1, 0.15) is 21.5 Å². The number of aromatic carboxylic acids is 1. The zero-order valence-corrected chi connectivity index (χ0v) is 15.4. The molecule has 0 aliphatic rings. The van der Waals surface area contributed by atoms with E-state index in [2.05, 4.69) is 5.48 Å². The Morgan fingerprint density at radius 2 is 1.82 bits per heavy atom. The molecule has 0 heterocycles. The Bertz CT molecular complexity index is 963. The lowest BCUT2D eigenvalue weighted by Gasteiger charge is -2.14. The Kier molecular flexibility index (Phi) is 6.47. The van der Waals surface area contributed by atoms with Gasteiger partial charge in [0.2, 0.25) is 0 Å². The lowest BCUT2D eigenvalue weighted by Crippen LogP contribution is -2.06. The molecule has 144 valence electrons. The van der Waals surface area contributed by atoms with Gasteiger partial charge < -0.3 is 9.84 Å². The number of halogens is 2. The van der Waals surface area contributed by atoms with E-state index in [1.165, 1.54) is 24.3 Å². The second kappa shape index (κ2) is 9.21. The summed E-state index contributed by atoms with van der Waals surface area (Å²) in [5, 5.41) is 9.44. The molecule has 5 nitrogen and oxygen atoms in total. The average Bonchev–Trinajstić information content (AvgIpc) is 2.68. The number of carbonyl (C=O) groups is 1. The van der Waals surface area contributed by atoms with E-state index in [4.69, 9.17) is 26.3 Å². The molecule has 0 aliphatic heterocycles. The SMILES string of the molecule is O=C(O)c1ccc(CONc2cc(Cl)ccc2COc2cccc(F)c2)cc1. The number of anilines is 1. The molecule has 0 bridgehead atoms. The van der Waals surface area contributed by atoms with Gasteiger partial charge in [-0.2, -0.15) is 0 Å². The minimum atomic E-state index is -0.979. The maximum atomic E-state index is 13.3. The first kappa shape index (κ1) is 19.7. The first-order chi connectivity index (χ1) is 13.5. The standard InChI is InChI=1S/C21H17ClFNO4/c22-17-9-8-16(13-27-19-3-1-2-18(23)11-19)20(10-17)24-28-12-14-4-6-15(7-5-14)21(25)26/h1-11,24H,12-13H2,(H,25,26). The van der Waals surface area contributed by atoms with Gasteiger partial charge in [-0.15, -0.1) is 0 Å². The van der Waals surface area contributed by atoms with Crippen LogP contribution in [-0.4, -0.2) is 11.1 Å². The molecule has 3 rings (SSSR count). The number of carboxylic acid groups (broad SMARTS) is 1. The van der Waals surface area contributed by atoms with Gasteiger partial charge in [-0.1, -0.05) is 35.9 Å². The van der Waals surface area contributed by atoms with E-state index in [9.17, 15) is 9.18 Å². The highest BCUT2D eigenvalue weighted by Gasteiger charge is 2.07. The molecule has 28 heavy (non-hydrogen) atoms. The summed E-state index contributed by atoms with van der Waals surface area (Å²) >= 11 is 6.06. The van der Waals surface area contributed by atoms with E-state index < -0.39 is 5.97 Å². The van der Waals surface area contributed by atoms with Crippen LogP contribution in [0.3, 0.4) is 0 Å². The topological polar surface area (TPSA) is 67.8 Å². The van der Waals surface area contributed by atoms with Gasteiger partial charge in [0, 0.05) is 16.7 Å². The zero-order valence-electron chi connectivity index (χ0n) is 14.7. The number of hydrogen-bond donors (Lipinski definition) is 2. The van der Waals surface area contributed by atoms with Crippen molar-refractivity contribution in [3.05, 3.63) is 94.3 Å². The van der Waals surface area contributed by atoms with Crippen LogP contribution in [0.15, 0.2) is 66.7 Å². The van der Waals surface area contributed by atoms with Gasteiger partial charge in [-0.25, -0.2) is 9.18 Å². The molecule has 0 atom stereocenters. The molecule has 2 N–H and O–H groups in total. The molecule has 0 aliphatic carbocycles. The molecule has 0 aromatic heterocycles. The van der Waals surface area contributed by atoms with Gasteiger partial charge in [0.25, 0.3) is 0 Å². The van der Waals surface area contributed by atoms with Gasteiger partial charge in [-0.05, 0) is 42.0 Å². The highest BCUT2D eigenvalue weighted by molar-refractivity contribution is 6.30. The van der Waals surface area contributed by atoms with E-state index in [0.717, 1.165) is 11.1 Å². The number of rotatable bonds is 8. The van der Waals surface area contributed by atoms with Crippen molar-refractivity contribution in [3.63, 3.8) is 0 Å². The van der Waals surface area contributed by atoms with E-state index in [0.29, 0.717) is 16.5 Å². The van der Waals surface area contributed by atoms with Gasteiger partial charge in [0.1, 0.15) is 18.2 Å². The molecular weight excluding hydrogens is 385 g/mol. The van der Waals surface area contributed by atoms with Crippen LogP contribution < -0.4 is 10.2 Å². The maximum Gasteiger partial charge on any atom is 0.335 e. The molecule has 7 heteroatoms. The molecule has 0 fully saturated rings. The summed E-state index contributed by atoms with van der Waals surface area (Å²) in [5.41, 5.74) is 5.24. The van der Waals surface area contributed by atoms with Crippen molar-refractivity contribution in [1.82, 2.24) is 0 Å². The molecule has 0 radical (unpaired) electrons. The molecule has 0 amide bonds. The third-order valence-electron chi connectivity index (χ3n) is 3.88. The van der Waals surface area contributed by atoms with Gasteiger partial charge in [0.15, 0.2) is 0 Å². The van der Waals surface area contributed by atoms with Gasteiger partial charge >= 0.3 is 5.97 Å². The van der Waals surface area contributed by atoms with Crippen LogP contribution in [0.5, 0.6) is 5.75 Å². The van der Waals surface area contributed by atoms with Gasteiger partial charge in [-0.3, -0.25) is 10.3 Å². The summed E-state index contributed by atoms with van der Waals surface area (Å²) < 4.78 is 18.9. The number of ether oxygens (including phenoxy) is 1. The Balaban J connectivity index is 1.61. The predicted molar refractivity (Wildman–Crippen MR) is 104 cm³/mol. The summed E-state index contributed by atoms with van der Waals surface area (Å²) in [7, 11) is 0. The monoisotopic (exact) mass is 401 g/mol. The average molecular weight is 402 g/mol. The van der Waals surface area contributed by atoms with Crippen molar-refractivity contribution in [2.24, 2.45) is 0 Å². The van der Waals surface area contributed by atoms with Crippen molar-refractivity contribution >= 4 is 23.3 Å². The van der Waals surface area contributed by atoms with Crippen LogP contribution in [0, 0.1) is 5.82 Å². The predicted octanol–water partition coefficient (Wildman–Crippen LogP) is 5.30. The fraction of sp³-hybridized carbons (Fsp3) is 0.0952. The Morgan fingerprint density at radius 1 is 1.04 bits per heavy atom. The highest BCUT2D eigenvalue weighted by Crippen LogP contribution is 2.23. The molecule has 3 aromatic carbocycles. The van der Waals surface area contributed by atoms with Crippen molar-refractivity contribution < 1.29 is 23.9 Å². The van der Waals surface area contributed by atoms with E-state index in [1.54, 1.807) is 42.5 Å². The molecule has 0 saturated heterocycles. The van der Waals surface area contributed by atoms with E-state index in [-0.39, 0.29) is 24.6 Å². The first-order valence-corrected chi connectivity index (χ1v) is 8.76. The summed E-state index contributed by atoms with van der Waals surface area (Å²) in [6.07, 6.45) is 0. The fourth-order valence-corrected chi connectivity index (χ4v) is 2.60. The summed E-state index contributed by atoms with van der Waals surface area (Å²) in [6, 6.07) is 17.5. The minimum absolute atomic E-state index is 0.194. The smallest absolute Gasteiger partial charge is 0.335 e. The fourth-order valence-electron chi connectivity index (χ4n) is 2.43. The van der Waals surface area contributed by atoms with Crippen LogP contribution in [0.25, 0.3) is 0 Å². The van der Waals surface area contributed by atoms with Crippen LogP contribution in [0.4, 0.5) is 10.1 Å². The van der Waals surface area contributed by atoms with Crippen molar-refractivity contribution in [1.29, 1.82) is 0 Å². The number of carboxylic acids is 1. The lowest BCUT2D eigenvalue weighted by molar-refractivity contribution is 0.0696. The zero-order chi connectivity index (χ0) is 19.9. The number of benzene rings is 3.